The van der Waals surface area contributed by atoms with Gasteiger partial charge in [-0.05, 0) is 50.3 Å². The lowest BCUT2D eigenvalue weighted by Crippen LogP contribution is -2.16. The highest BCUT2D eigenvalue weighted by Crippen LogP contribution is 2.17. The summed E-state index contributed by atoms with van der Waals surface area (Å²) in [6, 6.07) is 24.1. The molecular weight excluding hydrogens is 540 g/mol. The van der Waals surface area contributed by atoms with Crippen LogP contribution in [0.1, 0.15) is 56.6 Å². The van der Waals surface area contributed by atoms with Crippen LogP contribution in [0.3, 0.4) is 0 Å². The number of methoxy groups -OCH3 is 1. The van der Waals surface area contributed by atoms with Gasteiger partial charge in [0.05, 0.1) is 13.2 Å². The van der Waals surface area contributed by atoms with E-state index in [1.54, 1.807) is 60.3 Å². The number of carbonyl (C=O) groups excluding carboxylic acids is 3. The van der Waals surface area contributed by atoms with Gasteiger partial charge in [0.1, 0.15) is 12.4 Å². The topological polar surface area (TPSA) is 88.1 Å². The zero-order valence-corrected chi connectivity index (χ0v) is 22.8. The molecule has 3 aromatic carbocycles. The van der Waals surface area contributed by atoms with Gasteiger partial charge in [0.25, 0.3) is 0 Å². The van der Waals surface area contributed by atoms with Crippen molar-refractivity contribution in [1.29, 1.82) is 0 Å². The minimum atomic E-state index is -0.513. The molecule has 41 heavy (non-hydrogen) atoms. The fraction of sp³-hybridized carbons (Fsp3) is 0.364. The van der Waals surface area contributed by atoms with Crippen LogP contribution < -0.4 is 4.74 Å². The summed E-state index contributed by atoms with van der Waals surface area (Å²) in [7, 11) is 1.42. The number of thioether (sulfide) groups is 1. The lowest BCUT2D eigenvalue weighted by atomic mass is 10.0. The predicted molar refractivity (Wildman–Crippen MR) is 168 cm³/mol. The second kappa shape index (κ2) is 23.1. The van der Waals surface area contributed by atoms with E-state index in [4.69, 9.17) is 14.2 Å². The Bertz CT molecular complexity index is 1130. The summed E-state index contributed by atoms with van der Waals surface area (Å²) < 4.78 is 20.0. The molecule has 0 aliphatic rings. The standard InChI is InChI=1S/C22H24O7.C8H10S.3CH4/c1-26-15-20(23)27-12-5-6-13-28-21(24)16-29-19-11-7-10-18(14-19)22(25)17-8-3-2-4-9-17;1-7-3-5-8(9-2)6-4-7;;;/h2-4,7-11,14H,5-6,12-13,15-16H2,1H3;3-6H,1-2H3;3*1H4. The van der Waals surface area contributed by atoms with E-state index in [2.05, 4.69) is 42.2 Å². The van der Waals surface area contributed by atoms with Crippen LogP contribution in [0.25, 0.3) is 0 Å². The fourth-order valence-electron chi connectivity index (χ4n) is 3.08. The number of aryl methyl sites for hydroxylation is 1. The molecule has 0 heterocycles. The number of esters is 2. The van der Waals surface area contributed by atoms with E-state index in [0.29, 0.717) is 29.7 Å². The van der Waals surface area contributed by atoms with Gasteiger partial charge in [0.15, 0.2) is 12.4 Å². The molecule has 0 amide bonds. The number of unbranched alkanes of at least 4 members (excludes halogenated alkanes) is 1. The zero-order valence-electron chi connectivity index (χ0n) is 22.0. The van der Waals surface area contributed by atoms with Gasteiger partial charge < -0.3 is 18.9 Å². The number of hydrogen-bond donors (Lipinski definition) is 0. The molecule has 0 saturated heterocycles. The lowest BCUT2D eigenvalue weighted by molar-refractivity contribution is -0.149. The van der Waals surface area contributed by atoms with E-state index in [0.717, 1.165) is 0 Å². The predicted octanol–water partition coefficient (Wildman–Crippen LogP) is 7.43. The van der Waals surface area contributed by atoms with E-state index < -0.39 is 11.9 Å². The summed E-state index contributed by atoms with van der Waals surface area (Å²) in [6.45, 7) is 2.22. The average Bonchev–Trinajstić information content (AvgIpc) is 2.95. The summed E-state index contributed by atoms with van der Waals surface area (Å²) in [4.78, 5) is 36.6. The van der Waals surface area contributed by atoms with Crippen molar-refractivity contribution in [3.63, 3.8) is 0 Å². The molecule has 0 spiro atoms. The molecule has 0 aliphatic heterocycles. The Morgan fingerprint density at radius 2 is 1.27 bits per heavy atom. The molecule has 8 heteroatoms. The smallest absolute Gasteiger partial charge is 0.344 e. The van der Waals surface area contributed by atoms with E-state index in [1.165, 1.54) is 17.6 Å². The third kappa shape index (κ3) is 16.3. The van der Waals surface area contributed by atoms with Crippen molar-refractivity contribution in [1.82, 2.24) is 0 Å². The molecule has 0 radical (unpaired) electrons. The molecule has 226 valence electrons. The normalized spacial score (nSPS) is 9.34. The molecule has 0 bridgehead atoms. The monoisotopic (exact) mass is 586 g/mol. The van der Waals surface area contributed by atoms with E-state index in [9.17, 15) is 14.4 Å². The Balaban J connectivity index is 0. The average molecular weight is 587 g/mol. The van der Waals surface area contributed by atoms with Crippen LogP contribution in [0.2, 0.25) is 0 Å². The van der Waals surface area contributed by atoms with Crippen molar-refractivity contribution in [2.75, 3.05) is 39.8 Å². The van der Waals surface area contributed by atoms with Gasteiger partial charge in [-0.2, -0.15) is 0 Å². The Morgan fingerprint density at radius 1 is 0.707 bits per heavy atom. The molecule has 3 aromatic rings. The van der Waals surface area contributed by atoms with E-state index in [-0.39, 0.29) is 54.5 Å². The quantitative estimate of drug-likeness (QED) is 0.0884. The van der Waals surface area contributed by atoms with Gasteiger partial charge in [-0.15, -0.1) is 11.8 Å². The molecule has 0 aromatic heterocycles. The first-order chi connectivity index (χ1) is 18.4. The van der Waals surface area contributed by atoms with Crippen molar-refractivity contribution in [2.24, 2.45) is 0 Å². The largest absolute Gasteiger partial charge is 0.482 e. The van der Waals surface area contributed by atoms with Crippen LogP contribution in [0.5, 0.6) is 5.75 Å². The van der Waals surface area contributed by atoms with Crippen molar-refractivity contribution < 1.29 is 33.3 Å². The first-order valence-electron chi connectivity index (χ1n) is 12.2. The Labute approximate surface area is 250 Å². The molecule has 3 rings (SSSR count). The van der Waals surface area contributed by atoms with Crippen LogP contribution in [0, 0.1) is 6.92 Å². The molecule has 0 aliphatic carbocycles. The number of hydrogen-bond acceptors (Lipinski definition) is 8. The molecule has 0 atom stereocenters. The summed E-state index contributed by atoms with van der Waals surface area (Å²) >= 11 is 1.78. The number of carbonyl (C=O) groups is 3. The Kier molecular flexibility index (Phi) is 22.3. The van der Waals surface area contributed by atoms with Gasteiger partial charge in [-0.25, -0.2) is 9.59 Å². The van der Waals surface area contributed by atoms with Gasteiger partial charge >= 0.3 is 11.9 Å². The van der Waals surface area contributed by atoms with E-state index in [1.807, 2.05) is 6.07 Å². The summed E-state index contributed by atoms with van der Waals surface area (Å²) in [6.07, 6.45) is 3.23. The summed E-state index contributed by atoms with van der Waals surface area (Å²) in [5.41, 5.74) is 2.38. The molecule has 7 nitrogen and oxygen atoms in total. The maximum absolute atomic E-state index is 12.5. The first kappa shape index (κ1) is 39.5. The minimum absolute atomic E-state index is 0. The first-order valence-corrected chi connectivity index (χ1v) is 13.4. The van der Waals surface area contributed by atoms with Gasteiger partial charge in [-0.3, -0.25) is 4.79 Å². The van der Waals surface area contributed by atoms with Gasteiger partial charge in [0.2, 0.25) is 0 Å². The molecule has 0 saturated carbocycles. The summed E-state index contributed by atoms with van der Waals surface area (Å²) in [5, 5.41) is 0. The van der Waals surface area contributed by atoms with Crippen LogP contribution >= 0.6 is 11.8 Å². The number of benzene rings is 3. The fourth-order valence-corrected chi connectivity index (χ4v) is 3.49. The Morgan fingerprint density at radius 3 is 1.83 bits per heavy atom. The van der Waals surface area contributed by atoms with Crippen LogP contribution in [-0.4, -0.2) is 57.5 Å². The van der Waals surface area contributed by atoms with Crippen molar-refractivity contribution in [3.05, 3.63) is 95.6 Å². The SMILES string of the molecule is C.C.C.COCC(=O)OCCCCOC(=O)COc1cccc(C(=O)c2ccccc2)c1.CSc1ccc(C)cc1. The van der Waals surface area contributed by atoms with Crippen LogP contribution in [0.4, 0.5) is 0 Å². The zero-order chi connectivity index (χ0) is 27.6. The van der Waals surface area contributed by atoms with Crippen LogP contribution in [0.15, 0.2) is 83.8 Å². The van der Waals surface area contributed by atoms with Gasteiger partial charge in [-0.1, -0.05) is 82.4 Å². The number of rotatable bonds is 13. The van der Waals surface area contributed by atoms with Gasteiger partial charge in [0, 0.05) is 23.1 Å². The second-order valence-corrected chi connectivity index (χ2v) is 8.99. The lowest BCUT2D eigenvalue weighted by Gasteiger charge is -2.08. The van der Waals surface area contributed by atoms with Crippen molar-refractivity contribution >= 4 is 29.5 Å². The third-order valence-electron chi connectivity index (χ3n) is 5.07. The molecular formula is C33H46O7S. The second-order valence-electron chi connectivity index (χ2n) is 8.11. The molecule has 0 unspecified atom stereocenters. The van der Waals surface area contributed by atoms with Crippen LogP contribution in [-0.2, 0) is 23.8 Å². The van der Waals surface area contributed by atoms with E-state index >= 15 is 0 Å². The number of ketones is 1. The highest BCUT2D eigenvalue weighted by atomic mass is 32.2. The minimum Gasteiger partial charge on any atom is -0.482 e. The maximum atomic E-state index is 12.5. The Hall–Kier alpha value is -3.62. The van der Waals surface area contributed by atoms with Crippen molar-refractivity contribution in [3.8, 4) is 5.75 Å². The molecule has 0 N–H and O–H groups in total. The maximum Gasteiger partial charge on any atom is 0.344 e. The van der Waals surface area contributed by atoms with Crippen molar-refractivity contribution in [2.45, 2.75) is 46.9 Å². The third-order valence-corrected chi connectivity index (χ3v) is 5.82. The summed E-state index contributed by atoms with van der Waals surface area (Å²) in [5.74, 6) is -0.648. The highest BCUT2D eigenvalue weighted by Gasteiger charge is 2.10. The highest BCUT2D eigenvalue weighted by molar-refractivity contribution is 7.98. The molecule has 0 fully saturated rings. The number of ether oxygens (including phenoxy) is 4.